The number of hydrogen-bond acceptors (Lipinski definition) is 4. The number of likely N-dealkylation sites (N-methyl/N-ethyl adjacent to an activating group) is 1. The molecule has 1 atom stereocenters. The molecule has 0 aromatic heterocycles. The average molecular weight is 382 g/mol. The minimum absolute atomic E-state index is 0.132. The number of ether oxygens (including phenoxy) is 1. The van der Waals surface area contributed by atoms with Crippen LogP contribution in [0.1, 0.15) is 24.2 Å². The second-order valence-corrected chi connectivity index (χ2v) is 8.18. The molecule has 5 nitrogen and oxygen atoms in total. The number of benzene rings is 2. The summed E-state index contributed by atoms with van der Waals surface area (Å²) in [5.74, 6) is -0.648. The molecule has 0 bridgehead atoms. The van der Waals surface area contributed by atoms with E-state index in [9.17, 15) is 13.2 Å². The van der Waals surface area contributed by atoms with E-state index in [4.69, 9.17) is 16.3 Å². The lowest BCUT2D eigenvalue weighted by Gasteiger charge is -2.19. The number of hydrogen-bond donors (Lipinski definition) is 0. The van der Waals surface area contributed by atoms with Gasteiger partial charge in [0.05, 0.1) is 4.90 Å². The molecular weight excluding hydrogens is 362 g/mol. The van der Waals surface area contributed by atoms with Gasteiger partial charge >= 0.3 is 5.97 Å². The van der Waals surface area contributed by atoms with Gasteiger partial charge in [-0.3, -0.25) is 4.79 Å². The summed E-state index contributed by atoms with van der Waals surface area (Å²) in [6.45, 7) is 3.17. The number of rotatable bonds is 6. The molecule has 134 valence electrons. The van der Waals surface area contributed by atoms with Gasteiger partial charge in [0, 0.05) is 17.6 Å². The van der Waals surface area contributed by atoms with E-state index in [1.807, 2.05) is 6.92 Å². The van der Waals surface area contributed by atoms with E-state index < -0.39 is 22.1 Å². The molecule has 0 aliphatic rings. The molecule has 25 heavy (non-hydrogen) atoms. The highest BCUT2D eigenvalue weighted by molar-refractivity contribution is 7.89. The summed E-state index contributed by atoms with van der Waals surface area (Å²) in [5.41, 5.74) is 1.62. The van der Waals surface area contributed by atoms with Crippen molar-refractivity contribution in [2.24, 2.45) is 0 Å². The van der Waals surface area contributed by atoms with Crippen molar-refractivity contribution in [3.05, 3.63) is 64.7 Å². The van der Waals surface area contributed by atoms with E-state index >= 15 is 0 Å². The molecule has 0 saturated heterocycles. The molecule has 0 radical (unpaired) electrons. The molecular formula is C18H20ClNO4S. The van der Waals surface area contributed by atoms with Gasteiger partial charge in [-0.05, 0) is 32.0 Å². The Labute approximate surface area is 153 Å². The van der Waals surface area contributed by atoms with Crippen LogP contribution in [-0.2, 0) is 19.6 Å². The average Bonchev–Trinajstić information content (AvgIpc) is 2.55. The van der Waals surface area contributed by atoms with Crippen molar-refractivity contribution in [3.8, 4) is 0 Å². The quantitative estimate of drug-likeness (QED) is 0.717. The third-order valence-electron chi connectivity index (χ3n) is 3.73. The van der Waals surface area contributed by atoms with E-state index in [1.165, 1.54) is 19.2 Å². The summed E-state index contributed by atoms with van der Waals surface area (Å²) >= 11 is 6.08. The molecule has 2 aromatic rings. The Morgan fingerprint density at radius 1 is 1.16 bits per heavy atom. The maximum absolute atomic E-state index is 12.5. The lowest BCUT2D eigenvalue weighted by Crippen LogP contribution is -2.33. The van der Waals surface area contributed by atoms with Gasteiger partial charge in [-0.2, -0.15) is 4.31 Å². The van der Waals surface area contributed by atoms with Crippen molar-refractivity contribution in [2.45, 2.75) is 24.8 Å². The maximum atomic E-state index is 12.5. The molecule has 0 aliphatic carbocycles. The summed E-state index contributed by atoms with van der Waals surface area (Å²) in [6.07, 6.45) is -0.573. The molecule has 0 spiro atoms. The van der Waals surface area contributed by atoms with E-state index in [0.717, 1.165) is 9.87 Å². The van der Waals surface area contributed by atoms with Crippen LogP contribution in [-0.4, -0.2) is 32.3 Å². The van der Waals surface area contributed by atoms with Gasteiger partial charge in [0.2, 0.25) is 10.0 Å². The first-order valence-electron chi connectivity index (χ1n) is 7.68. The maximum Gasteiger partial charge on any atom is 0.321 e. The monoisotopic (exact) mass is 381 g/mol. The zero-order valence-corrected chi connectivity index (χ0v) is 15.8. The van der Waals surface area contributed by atoms with Crippen molar-refractivity contribution >= 4 is 27.6 Å². The van der Waals surface area contributed by atoms with Crippen LogP contribution < -0.4 is 0 Å². The van der Waals surface area contributed by atoms with Gasteiger partial charge < -0.3 is 4.74 Å². The highest BCUT2D eigenvalue weighted by atomic mass is 35.5. The van der Waals surface area contributed by atoms with Crippen LogP contribution in [0.3, 0.4) is 0 Å². The molecule has 0 saturated carbocycles. The van der Waals surface area contributed by atoms with Gasteiger partial charge in [-0.15, -0.1) is 0 Å². The predicted octanol–water partition coefficient (Wildman–Crippen LogP) is 3.57. The van der Waals surface area contributed by atoms with Crippen molar-refractivity contribution in [1.82, 2.24) is 4.31 Å². The fourth-order valence-electron chi connectivity index (χ4n) is 2.26. The minimum Gasteiger partial charge on any atom is -0.457 e. The molecule has 0 heterocycles. The number of sulfonamides is 1. The summed E-state index contributed by atoms with van der Waals surface area (Å²) < 4.78 is 31.3. The zero-order chi connectivity index (χ0) is 18.6. The van der Waals surface area contributed by atoms with E-state index in [0.29, 0.717) is 10.6 Å². The lowest BCUT2D eigenvalue weighted by molar-refractivity contribution is -0.148. The molecule has 2 aromatic carbocycles. The van der Waals surface area contributed by atoms with Crippen LogP contribution in [0.25, 0.3) is 0 Å². The predicted molar refractivity (Wildman–Crippen MR) is 97.0 cm³/mol. The van der Waals surface area contributed by atoms with Gasteiger partial charge in [-0.1, -0.05) is 47.5 Å². The molecule has 0 fully saturated rings. The summed E-state index contributed by atoms with van der Waals surface area (Å²) in [7, 11) is -2.41. The minimum atomic E-state index is -3.75. The Bertz CT molecular complexity index is 850. The Hall–Kier alpha value is -1.89. The van der Waals surface area contributed by atoms with Crippen LogP contribution >= 0.6 is 11.6 Å². The molecule has 0 amide bonds. The van der Waals surface area contributed by atoms with E-state index in [1.54, 1.807) is 43.3 Å². The third kappa shape index (κ3) is 4.81. The Balaban J connectivity index is 2.04. The molecule has 0 aliphatic heterocycles. The zero-order valence-electron chi connectivity index (χ0n) is 14.3. The van der Waals surface area contributed by atoms with E-state index in [-0.39, 0.29) is 11.4 Å². The largest absolute Gasteiger partial charge is 0.457 e. The number of esters is 1. The molecule has 2 rings (SSSR count). The molecule has 7 heteroatoms. The van der Waals surface area contributed by atoms with Crippen LogP contribution in [0.5, 0.6) is 0 Å². The number of nitrogens with zero attached hydrogens (tertiary/aromatic N) is 1. The number of halogens is 1. The standard InChI is InChI=1S/C18H20ClNO4S/c1-13-8-10-15(11-9-13)25(22,23)20(3)12-18(21)24-14(2)16-6-4-5-7-17(16)19/h4-11,14H,12H2,1-3H3/t14-/m1/s1. The number of aryl methyl sites for hydroxylation is 1. The molecule has 0 N–H and O–H groups in total. The third-order valence-corrected chi connectivity index (χ3v) is 5.89. The Morgan fingerprint density at radius 2 is 1.76 bits per heavy atom. The number of carbonyl (C=O) groups excluding carboxylic acids is 1. The Morgan fingerprint density at radius 3 is 2.36 bits per heavy atom. The first-order valence-corrected chi connectivity index (χ1v) is 9.50. The number of carbonyl (C=O) groups is 1. The fourth-order valence-corrected chi connectivity index (χ4v) is 3.66. The van der Waals surface area contributed by atoms with Crippen LogP contribution in [0.15, 0.2) is 53.4 Å². The second kappa shape index (κ2) is 7.99. The summed E-state index contributed by atoms with van der Waals surface area (Å²) in [5, 5.41) is 0.489. The SMILES string of the molecule is Cc1ccc(S(=O)(=O)N(C)CC(=O)O[C@H](C)c2ccccc2Cl)cc1. The molecule has 0 unspecified atom stereocenters. The van der Waals surface area contributed by atoms with Crippen LogP contribution in [0, 0.1) is 6.92 Å². The van der Waals surface area contributed by atoms with E-state index in [2.05, 4.69) is 0 Å². The summed E-state index contributed by atoms with van der Waals surface area (Å²) in [6, 6.07) is 13.5. The van der Waals surface area contributed by atoms with Crippen molar-refractivity contribution in [2.75, 3.05) is 13.6 Å². The van der Waals surface area contributed by atoms with Gasteiger partial charge in [-0.25, -0.2) is 8.42 Å². The van der Waals surface area contributed by atoms with Crippen LogP contribution in [0.2, 0.25) is 5.02 Å². The first kappa shape index (κ1) is 19.4. The highest BCUT2D eigenvalue weighted by Gasteiger charge is 2.24. The van der Waals surface area contributed by atoms with Crippen LogP contribution in [0.4, 0.5) is 0 Å². The van der Waals surface area contributed by atoms with Crippen molar-refractivity contribution < 1.29 is 17.9 Å². The smallest absolute Gasteiger partial charge is 0.321 e. The highest BCUT2D eigenvalue weighted by Crippen LogP contribution is 2.25. The van der Waals surface area contributed by atoms with Gasteiger partial charge in [0.1, 0.15) is 12.6 Å². The normalized spacial score (nSPS) is 12.8. The van der Waals surface area contributed by atoms with Crippen molar-refractivity contribution in [3.63, 3.8) is 0 Å². The second-order valence-electron chi connectivity index (χ2n) is 5.73. The van der Waals surface area contributed by atoms with Gasteiger partial charge in [0.15, 0.2) is 0 Å². The fraction of sp³-hybridized carbons (Fsp3) is 0.278. The topological polar surface area (TPSA) is 63.7 Å². The first-order chi connectivity index (χ1) is 11.7. The van der Waals surface area contributed by atoms with Gasteiger partial charge in [0.25, 0.3) is 0 Å². The summed E-state index contributed by atoms with van der Waals surface area (Å²) in [4.78, 5) is 12.2. The van der Waals surface area contributed by atoms with Crippen molar-refractivity contribution in [1.29, 1.82) is 0 Å². The lowest BCUT2D eigenvalue weighted by atomic mass is 10.1. The Kier molecular flexibility index (Phi) is 6.21.